The van der Waals surface area contributed by atoms with Gasteiger partial charge in [0.2, 0.25) is 0 Å². The molecule has 0 bridgehead atoms. The third-order valence-electron chi connectivity index (χ3n) is 6.16. The summed E-state index contributed by atoms with van der Waals surface area (Å²) >= 11 is 0. The van der Waals surface area contributed by atoms with E-state index in [0.29, 0.717) is 5.92 Å². The molecule has 2 aromatic carbocycles. The van der Waals surface area contributed by atoms with Gasteiger partial charge in [0.05, 0.1) is 19.8 Å². The lowest BCUT2D eigenvalue weighted by Gasteiger charge is -2.35. The van der Waals surface area contributed by atoms with Crippen LogP contribution in [0.15, 0.2) is 42.5 Å². The molecular weight excluding hydrogens is 400 g/mol. The Hall–Kier alpha value is -2.08. The van der Waals surface area contributed by atoms with Gasteiger partial charge in [-0.2, -0.15) is 0 Å². The van der Waals surface area contributed by atoms with Gasteiger partial charge in [0.25, 0.3) is 0 Å². The van der Waals surface area contributed by atoms with Crippen LogP contribution in [0.2, 0.25) is 0 Å². The lowest BCUT2D eigenvalue weighted by atomic mass is 9.96. The van der Waals surface area contributed by atoms with Crippen LogP contribution in [0.3, 0.4) is 0 Å². The number of piperidine rings is 1. The topological polar surface area (TPSA) is 45.2 Å². The van der Waals surface area contributed by atoms with Crippen molar-refractivity contribution < 1.29 is 14.6 Å². The van der Waals surface area contributed by atoms with Crippen molar-refractivity contribution in [2.75, 3.05) is 40.3 Å². The highest BCUT2D eigenvalue weighted by Crippen LogP contribution is 2.23. The highest BCUT2D eigenvalue weighted by Gasteiger charge is 2.21. The number of hydrogen-bond acceptors (Lipinski definition) is 5. The maximum atomic E-state index is 9.73. The summed E-state index contributed by atoms with van der Waals surface area (Å²) in [7, 11) is 3.91. The van der Waals surface area contributed by atoms with Crippen molar-refractivity contribution in [2.24, 2.45) is 5.92 Å². The average molecular weight is 441 g/mol. The molecule has 5 nitrogen and oxygen atoms in total. The van der Waals surface area contributed by atoms with Crippen molar-refractivity contribution in [3.05, 3.63) is 59.2 Å². The van der Waals surface area contributed by atoms with E-state index in [0.717, 1.165) is 43.1 Å². The summed E-state index contributed by atoms with van der Waals surface area (Å²) in [5.41, 5.74) is 3.46. The minimum Gasteiger partial charge on any atom is -0.497 e. The van der Waals surface area contributed by atoms with Gasteiger partial charge in [0.15, 0.2) is 0 Å². The van der Waals surface area contributed by atoms with Crippen molar-refractivity contribution >= 4 is 0 Å². The lowest BCUT2D eigenvalue weighted by molar-refractivity contribution is 0.142. The first-order valence-electron chi connectivity index (χ1n) is 11.9. The van der Waals surface area contributed by atoms with E-state index in [1.165, 1.54) is 37.1 Å². The van der Waals surface area contributed by atoms with Crippen LogP contribution in [-0.2, 0) is 19.6 Å². The van der Waals surface area contributed by atoms with Crippen LogP contribution in [0.4, 0.5) is 0 Å². The average Bonchev–Trinajstić information content (AvgIpc) is 2.79. The second kappa shape index (κ2) is 12.2. The highest BCUT2D eigenvalue weighted by molar-refractivity contribution is 5.37. The van der Waals surface area contributed by atoms with Gasteiger partial charge in [-0.3, -0.25) is 0 Å². The fraction of sp³-hybridized carbons (Fsp3) is 0.556. The molecule has 176 valence electrons. The van der Waals surface area contributed by atoms with E-state index >= 15 is 0 Å². The molecule has 1 atom stereocenters. The molecule has 0 saturated carbocycles. The molecule has 5 heteroatoms. The van der Waals surface area contributed by atoms with Crippen molar-refractivity contribution in [1.29, 1.82) is 0 Å². The molecule has 2 aromatic rings. The molecule has 1 N–H and O–H groups in total. The van der Waals surface area contributed by atoms with Gasteiger partial charge in [0, 0.05) is 31.7 Å². The maximum absolute atomic E-state index is 9.73. The molecule has 0 amide bonds. The Bertz CT molecular complexity index is 822. The summed E-state index contributed by atoms with van der Waals surface area (Å²) in [6.07, 6.45) is 3.76. The second-order valence-electron chi connectivity index (χ2n) is 9.37. The normalized spacial score (nSPS) is 17.2. The molecule has 1 aliphatic heterocycles. The molecule has 1 heterocycles. The first kappa shape index (κ1) is 24.6. The molecule has 0 radical (unpaired) electrons. The summed E-state index contributed by atoms with van der Waals surface area (Å²) in [6, 6.07) is 14.6. The van der Waals surface area contributed by atoms with E-state index in [9.17, 15) is 5.11 Å². The molecule has 0 aliphatic carbocycles. The van der Waals surface area contributed by atoms with Crippen molar-refractivity contribution in [3.63, 3.8) is 0 Å². The maximum Gasteiger partial charge on any atom is 0.125 e. The van der Waals surface area contributed by atoms with Crippen LogP contribution in [0.5, 0.6) is 11.5 Å². The number of likely N-dealkylation sites (tertiary alicyclic amines) is 1. The minimum atomic E-state index is 0.00535. The van der Waals surface area contributed by atoms with Gasteiger partial charge >= 0.3 is 0 Å². The van der Waals surface area contributed by atoms with E-state index in [1.54, 1.807) is 7.11 Å². The van der Waals surface area contributed by atoms with Crippen LogP contribution >= 0.6 is 0 Å². The Labute approximate surface area is 193 Å². The number of aliphatic hydroxyl groups excluding tert-OH is 1. The summed E-state index contributed by atoms with van der Waals surface area (Å²) in [4.78, 5) is 5.03. The van der Waals surface area contributed by atoms with E-state index in [1.807, 2.05) is 32.0 Å². The summed E-state index contributed by atoms with van der Waals surface area (Å²) in [5, 5.41) is 9.73. The SMILES string of the molecule is COc1ccc(CCN2CCCC(CN(C)Cc3ccc(OC(C)C)c(CO)c3)C2)cc1. The standard InChI is InChI=1S/C27H40N2O3/c1-21(2)32-27-12-9-23(16-25(27)20-30)17-28(3)18-24-6-5-14-29(19-24)15-13-22-7-10-26(31-4)11-8-22/h7-12,16,21,24,30H,5-6,13-15,17-20H2,1-4H3. The Morgan fingerprint density at radius 1 is 1.12 bits per heavy atom. The molecule has 0 aromatic heterocycles. The van der Waals surface area contributed by atoms with E-state index in [2.05, 4.69) is 41.1 Å². The van der Waals surface area contributed by atoms with Crippen molar-refractivity contribution in [3.8, 4) is 11.5 Å². The fourth-order valence-corrected chi connectivity index (χ4v) is 4.62. The molecule has 1 unspecified atom stereocenters. The quantitative estimate of drug-likeness (QED) is 0.562. The molecule has 1 aliphatic rings. The summed E-state index contributed by atoms with van der Waals surface area (Å²) in [5.74, 6) is 2.40. The van der Waals surface area contributed by atoms with Crippen LogP contribution in [0.25, 0.3) is 0 Å². The van der Waals surface area contributed by atoms with Gasteiger partial charge in [-0.05, 0) is 88.0 Å². The number of nitrogens with zero attached hydrogens (tertiary/aromatic N) is 2. The first-order valence-corrected chi connectivity index (χ1v) is 11.9. The predicted octanol–water partition coefficient (Wildman–Crippen LogP) is 4.36. The Balaban J connectivity index is 1.47. The number of aliphatic hydroxyl groups is 1. The molecule has 3 rings (SSSR count). The Kier molecular flexibility index (Phi) is 9.39. The third kappa shape index (κ3) is 7.51. The van der Waals surface area contributed by atoms with Gasteiger partial charge in [-0.1, -0.05) is 18.2 Å². The van der Waals surface area contributed by atoms with Crippen molar-refractivity contribution in [2.45, 2.75) is 52.4 Å². The first-order chi connectivity index (χ1) is 15.5. The summed E-state index contributed by atoms with van der Waals surface area (Å²) in [6.45, 7) is 9.49. The van der Waals surface area contributed by atoms with E-state index in [-0.39, 0.29) is 12.7 Å². The zero-order chi connectivity index (χ0) is 22.9. The second-order valence-corrected chi connectivity index (χ2v) is 9.37. The van der Waals surface area contributed by atoms with Gasteiger partial charge in [-0.25, -0.2) is 0 Å². The van der Waals surface area contributed by atoms with Crippen LogP contribution in [0, 0.1) is 5.92 Å². The number of rotatable bonds is 11. The molecule has 1 saturated heterocycles. The zero-order valence-electron chi connectivity index (χ0n) is 20.2. The largest absolute Gasteiger partial charge is 0.497 e. The Morgan fingerprint density at radius 2 is 1.88 bits per heavy atom. The monoisotopic (exact) mass is 440 g/mol. The van der Waals surface area contributed by atoms with Gasteiger partial charge in [0.1, 0.15) is 11.5 Å². The zero-order valence-corrected chi connectivity index (χ0v) is 20.2. The fourth-order valence-electron chi connectivity index (χ4n) is 4.62. The van der Waals surface area contributed by atoms with Gasteiger partial charge in [-0.15, -0.1) is 0 Å². The highest BCUT2D eigenvalue weighted by atomic mass is 16.5. The number of benzene rings is 2. The minimum absolute atomic E-state index is 0.00535. The molecule has 1 fully saturated rings. The molecule has 32 heavy (non-hydrogen) atoms. The number of hydrogen-bond donors (Lipinski definition) is 1. The number of ether oxygens (including phenoxy) is 2. The van der Waals surface area contributed by atoms with Crippen LogP contribution in [0.1, 0.15) is 43.4 Å². The third-order valence-corrected chi connectivity index (χ3v) is 6.16. The van der Waals surface area contributed by atoms with Crippen LogP contribution in [-0.4, -0.2) is 61.3 Å². The number of methoxy groups -OCH3 is 1. The molecule has 0 spiro atoms. The van der Waals surface area contributed by atoms with Crippen LogP contribution < -0.4 is 9.47 Å². The predicted molar refractivity (Wildman–Crippen MR) is 130 cm³/mol. The molecular formula is C27H40N2O3. The van der Waals surface area contributed by atoms with Crippen molar-refractivity contribution in [1.82, 2.24) is 9.80 Å². The smallest absolute Gasteiger partial charge is 0.125 e. The van der Waals surface area contributed by atoms with E-state index < -0.39 is 0 Å². The lowest BCUT2D eigenvalue weighted by Crippen LogP contribution is -2.40. The van der Waals surface area contributed by atoms with E-state index in [4.69, 9.17) is 9.47 Å². The van der Waals surface area contributed by atoms with Gasteiger partial charge < -0.3 is 24.4 Å². The Morgan fingerprint density at radius 3 is 2.56 bits per heavy atom. The summed E-state index contributed by atoms with van der Waals surface area (Å²) < 4.78 is 11.1.